The third-order valence-electron chi connectivity index (χ3n) is 3.54. The summed E-state index contributed by atoms with van der Waals surface area (Å²) in [6, 6.07) is 10.8. The Morgan fingerprint density at radius 2 is 1.50 bits per heavy atom. The lowest BCUT2D eigenvalue weighted by atomic mass is 9.97. The van der Waals surface area contributed by atoms with E-state index in [1.807, 2.05) is 0 Å². The van der Waals surface area contributed by atoms with E-state index in [0.717, 1.165) is 12.1 Å². The van der Waals surface area contributed by atoms with Crippen molar-refractivity contribution in [3.63, 3.8) is 0 Å². The Labute approximate surface area is 148 Å². The zero-order valence-corrected chi connectivity index (χ0v) is 14.5. The fourth-order valence-corrected chi connectivity index (χ4v) is 2.07. The van der Waals surface area contributed by atoms with Crippen LogP contribution >= 0.6 is 0 Å². The summed E-state index contributed by atoms with van der Waals surface area (Å²) in [4.78, 5) is 28.9. The molecular weight excluding hydrogens is 347 g/mol. The standard InChI is InChI=1S/C19H18F3NO3/c1-18(2,3)17(25)26-23-16(24)15-7-5-4-6-14(15)12-8-10-13(11-9-12)19(20,21)22/h4-11H,1-3H3,(H,23,24). The summed E-state index contributed by atoms with van der Waals surface area (Å²) in [7, 11) is 0. The molecule has 0 fully saturated rings. The Kier molecular flexibility index (Phi) is 5.39. The van der Waals surface area contributed by atoms with Crippen molar-refractivity contribution < 1.29 is 27.6 Å². The number of alkyl halides is 3. The second-order valence-corrected chi connectivity index (χ2v) is 6.69. The second-order valence-electron chi connectivity index (χ2n) is 6.69. The molecule has 0 spiro atoms. The van der Waals surface area contributed by atoms with Crippen molar-refractivity contribution in [2.45, 2.75) is 26.9 Å². The van der Waals surface area contributed by atoms with Gasteiger partial charge >= 0.3 is 12.1 Å². The number of hydroxylamine groups is 1. The van der Waals surface area contributed by atoms with E-state index in [0.29, 0.717) is 11.1 Å². The van der Waals surface area contributed by atoms with E-state index in [1.165, 1.54) is 18.2 Å². The van der Waals surface area contributed by atoms with Crippen LogP contribution in [0.4, 0.5) is 13.2 Å². The van der Waals surface area contributed by atoms with Gasteiger partial charge in [0.1, 0.15) is 0 Å². The van der Waals surface area contributed by atoms with Gasteiger partial charge in [0.05, 0.1) is 16.5 Å². The van der Waals surface area contributed by atoms with Gasteiger partial charge in [-0.1, -0.05) is 30.3 Å². The fourth-order valence-electron chi connectivity index (χ4n) is 2.07. The molecule has 0 radical (unpaired) electrons. The molecule has 1 N–H and O–H groups in total. The van der Waals surface area contributed by atoms with Crippen LogP contribution in [0.15, 0.2) is 48.5 Å². The summed E-state index contributed by atoms with van der Waals surface area (Å²) in [6.07, 6.45) is -4.43. The number of benzene rings is 2. The van der Waals surface area contributed by atoms with Crippen molar-refractivity contribution >= 4 is 11.9 Å². The van der Waals surface area contributed by atoms with Crippen LogP contribution in [0.1, 0.15) is 36.7 Å². The summed E-state index contributed by atoms with van der Waals surface area (Å²) in [5, 5.41) is 0. The SMILES string of the molecule is CC(C)(C)C(=O)ONC(=O)c1ccccc1-c1ccc(C(F)(F)F)cc1. The maximum absolute atomic E-state index is 12.7. The monoisotopic (exact) mass is 365 g/mol. The van der Waals surface area contributed by atoms with Gasteiger partial charge in [0.25, 0.3) is 5.91 Å². The molecule has 0 saturated heterocycles. The highest BCUT2D eigenvalue weighted by atomic mass is 19.4. The molecule has 138 valence electrons. The number of nitrogens with one attached hydrogen (secondary N) is 1. The summed E-state index contributed by atoms with van der Waals surface area (Å²) < 4.78 is 38.1. The molecule has 7 heteroatoms. The van der Waals surface area contributed by atoms with Gasteiger partial charge in [-0.3, -0.25) is 4.79 Å². The van der Waals surface area contributed by atoms with Crippen LogP contribution < -0.4 is 5.48 Å². The highest BCUT2D eigenvalue weighted by Crippen LogP contribution is 2.31. The van der Waals surface area contributed by atoms with Crippen molar-refractivity contribution in [2.24, 2.45) is 5.41 Å². The normalized spacial score (nSPS) is 11.8. The number of rotatable bonds is 2. The number of carbonyl (C=O) groups is 2. The van der Waals surface area contributed by atoms with Crippen LogP contribution in [0.25, 0.3) is 11.1 Å². The maximum atomic E-state index is 12.7. The lowest BCUT2D eigenvalue weighted by molar-refractivity contribution is -0.158. The number of carbonyl (C=O) groups excluding carboxylic acids is 2. The van der Waals surface area contributed by atoms with Gasteiger partial charge < -0.3 is 4.84 Å². The largest absolute Gasteiger partial charge is 0.416 e. The Balaban J connectivity index is 2.25. The van der Waals surface area contributed by atoms with Gasteiger partial charge in [0.2, 0.25) is 0 Å². The van der Waals surface area contributed by atoms with Crippen LogP contribution in [-0.4, -0.2) is 11.9 Å². The molecule has 0 aliphatic carbocycles. The van der Waals surface area contributed by atoms with E-state index in [-0.39, 0.29) is 5.56 Å². The molecule has 2 rings (SSSR count). The first kappa shape index (κ1) is 19.5. The first-order valence-electron chi connectivity index (χ1n) is 7.78. The van der Waals surface area contributed by atoms with Gasteiger partial charge in [-0.2, -0.15) is 18.7 Å². The molecule has 0 aliphatic rings. The fraction of sp³-hybridized carbons (Fsp3) is 0.263. The van der Waals surface area contributed by atoms with Gasteiger partial charge in [-0.05, 0) is 50.1 Å². The zero-order valence-electron chi connectivity index (χ0n) is 14.5. The van der Waals surface area contributed by atoms with Crippen LogP contribution in [-0.2, 0) is 15.8 Å². The molecule has 0 aliphatic heterocycles. The van der Waals surface area contributed by atoms with Gasteiger partial charge in [0, 0.05) is 0 Å². The molecule has 0 heterocycles. The topological polar surface area (TPSA) is 55.4 Å². The molecule has 0 bridgehead atoms. The van der Waals surface area contributed by atoms with Crippen LogP contribution in [0.2, 0.25) is 0 Å². The number of hydrogen-bond donors (Lipinski definition) is 1. The summed E-state index contributed by atoms with van der Waals surface area (Å²) in [5.41, 5.74) is 1.55. The minimum absolute atomic E-state index is 0.175. The second kappa shape index (κ2) is 7.19. The molecule has 0 unspecified atom stereocenters. The van der Waals surface area contributed by atoms with E-state index in [4.69, 9.17) is 4.84 Å². The van der Waals surface area contributed by atoms with Crippen molar-refractivity contribution in [2.75, 3.05) is 0 Å². The van der Waals surface area contributed by atoms with E-state index in [2.05, 4.69) is 5.48 Å². The zero-order chi connectivity index (χ0) is 19.5. The smallest absolute Gasteiger partial charge is 0.340 e. The van der Waals surface area contributed by atoms with Crippen molar-refractivity contribution in [3.05, 3.63) is 59.7 Å². The third kappa shape index (κ3) is 4.62. The molecular formula is C19H18F3NO3. The Morgan fingerprint density at radius 3 is 2.04 bits per heavy atom. The first-order chi connectivity index (χ1) is 12.0. The molecule has 2 aromatic carbocycles. The van der Waals surface area contributed by atoms with E-state index in [1.54, 1.807) is 39.0 Å². The molecule has 4 nitrogen and oxygen atoms in total. The Hall–Kier alpha value is -2.83. The van der Waals surface area contributed by atoms with Crippen LogP contribution in [0.3, 0.4) is 0 Å². The number of amides is 1. The molecule has 1 amide bonds. The Morgan fingerprint density at radius 1 is 0.923 bits per heavy atom. The minimum Gasteiger partial charge on any atom is -0.340 e. The number of halogens is 3. The van der Waals surface area contributed by atoms with Gasteiger partial charge in [-0.15, -0.1) is 0 Å². The third-order valence-corrected chi connectivity index (χ3v) is 3.54. The van der Waals surface area contributed by atoms with E-state index >= 15 is 0 Å². The average Bonchev–Trinajstić information content (AvgIpc) is 2.58. The van der Waals surface area contributed by atoms with Gasteiger partial charge in [-0.25, -0.2) is 4.79 Å². The molecule has 0 aromatic heterocycles. The lowest BCUT2D eigenvalue weighted by Crippen LogP contribution is -2.33. The Bertz CT molecular complexity index is 806. The minimum atomic E-state index is -4.43. The summed E-state index contributed by atoms with van der Waals surface area (Å²) >= 11 is 0. The molecule has 2 aromatic rings. The first-order valence-corrected chi connectivity index (χ1v) is 7.78. The quantitative estimate of drug-likeness (QED) is 0.791. The molecule has 0 atom stereocenters. The summed E-state index contributed by atoms with van der Waals surface area (Å²) in [6.45, 7) is 4.91. The highest BCUT2D eigenvalue weighted by molar-refractivity contribution is 6.00. The maximum Gasteiger partial charge on any atom is 0.416 e. The predicted octanol–water partition coefficient (Wildman–Crippen LogP) is 4.61. The summed E-state index contributed by atoms with van der Waals surface area (Å²) in [5.74, 6) is -1.28. The lowest BCUT2D eigenvalue weighted by Gasteiger charge is -2.16. The van der Waals surface area contributed by atoms with Crippen LogP contribution in [0.5, 0.6) is 0 Å². The van der Waals surface area contributed by atoms with Gasteiger partial charge in [0.15, 0.2) is 0 Å². The van der Waals surface area contributed by atoms with E-state index in [9.17, 15) is 22.8 Å². The predicted molar refractivity (Wildman–Crippen MR) is 89.9 cm³/mol. The van der Waals surface area contributed by atoms with Crippen LogP contribution in [0, 0.1) is 5.41 Å². The average molecular weight is 365 g/mol. The van der Waals surface area contributed by atoms with Crippen molar-refractivity contribution in [1.29, 1.82) is 0 Å². The van der Waals surface area contributed by atoms with E-state index < -0.39 is 29.0 Å². The highest BCUT2D eigenvalue weighted by Gasteiger charge is 2.30. The van der Waals surface area contributed by atoms with Crippen molar-refractivity contribution in [3.8, 4) is 11.1 Å². The molecule has 0 saturated carbocycles. The molecule has 26 heavy (non-hydrogen) atoms. The number of hydrogen-bond acceptors (Lipinski definition) is 3. The van der Waals surface area contributed by atoms with Crippen molar-refractivity contribution in [1.82, 2.24) is 5.48 Å².